The largest absolute Gasteiger partial charge is 0.409 e. The Morgan fingerprint density at radius 2 is 1.90 bits per heavy atom. The van der Waals surface area contributed by atoms with E-state index in [2.05, 4.69) is 29.1 Å². The van der Waals surface area contributed by atoms with Crippen molar-refractivity contribution in [3.63, 3.8) is 0 Å². The molecule has 1 saturated heterocycles. The van der Waals surface area contributed by atoms with E-state index in [1.165, 1.54) is 45.4 Å². The van der Waals surface area contributed by atoms with Gasteiger partial charge in [0.25, 0.3) is 0 Å². The Kier molecular flexibility index (Phi) is 7.46. The highest BCUT2D eigenvalue weighted by Crippen LogP contribution is 2.24. The second-order valence-electron chi connectivity index (χ2n) is 7.37. The Hall–Kier alpha value is -0.810. The van der Waals surface area contributed by atoms with Crippen LogP contribution in [0.4, 0.5) is 0 Å². The molecule has 21 heavy (non-hydrogen) atoms. The lowest BCUT2D eigenvalue weighted by molar-refractivity contribution is 0.159. The number of piperidine rings is 1. The third-order valence-corrected chi connectivity index (χ3v) is 4.66. The van der Waals surface area contributed by atoms with Crippen molar-refractivity contribution in [1.29, 1.82) is 0 Å². The summed E-state index contributed by atoms with van der Waals surface area (Å²) in [5.41, 5.74) is 5.52. The molecule has 0 atom stereocenters. The standard InChI is InChI=1S/C16H34N4O/c1-16(2,15(17)18-21)9-5-6-10-20-11-7-14(8-12-20)13-19(3)4/h14,21H,5-13H2,1-4H3,(H2,17,18). The molecule has 0 unspecified atom stereocenters. The quantitative estimate of drug-likeness (QED) is 0.237. The van der Waals surface area contributed by atoms with Gasteiger partial charge >= 0.3 is 0 Å². The van der Waals surface area contributed by atoms with Crippen LogP contribution in [0.2, 0.25) is 0 Å². The van der Waals surface area contributed by atoms with Crippen molar-refractivity contribution in [3.8, 4) is 0 Å². The van der Waals surface area contributed by atoms with Crippen molar-refractivity contribution < 1.29 is 5.21 Å². The lowest BCUT2D eigenvalue weighted by Crippen LogP contribution is -2.37. The van der Waals surface area contributed by atoms with Crippen molar-refractivity contribution in [2.45, 2.75) is 46.0 Å². The zero-order valence-corrected chi connectivity index (χ0v) is 14.3. The first kappa shape index (κ1) is 18.2. The molecule has 1 aliphatic rings. The smallest absolute Gasteiger partial charge is 0.144 e. The van der Waals surface area contributed by atoms with Crippen LogP contribution < -0.4 is 5.73 Å². The van der Waals surface area contributed by atoms with Crippen LogP contribution in [0, 0.1) is 11.3 Å². The minimum Gasteiger partial charge on any atom is -0.409 e. The zero-order chi connectivity index (χ0) is 15.9. The predicted molar refractivity (Wildman–Crippen MR) is 88.8 cm³/mol. The van der Waals surface area contributed by atoms with Gasteiger partial charge in [0.15, 0.2) is 0 Å². The molecular formula is C16H34N4O. The third-order valence-electron chi connectivity index (χ3n) is 4.66. The second kappa shape index (κ2) is 8.59. The molecule has 0 spiro atoms. The Morgan fingerprint density at radius 3 is 2.43 bits per heavy atom. The maximum absolute atomic E-state index is 8.77. The fourth-order valence-corrected chi connectivity index (χ4v) is 3.07. The van der Waals surface area contributed by atoms with Crippen LogP contribution in [0.25, 0.3) is 0 Å². The summed E-state index contributed by atoms with van der Waals surface area (Å²) in [5.74, 6) is 1.21. The molecular weight excluding hydrogens is 264 g/mol. The average molecular weight is 298 g/mol. The SMILES string of the molecule is CN(C)CC1CCN(CCCCC(C)(C)C(N)=NO)CC1. The number of oxime groups is 1. The maximum atomic E-state index is 8.77. The van der Waals surface area contributed by atoms with Crippen LogP contribution in [0.5, 0.6) is 0 Å². The van der Waals surface area contributed by atoms with Gasteiger partial charge in [-0.15, -0.1) is 0 Å². The molecule has 1 heterocycles. The maximum Gasteiger partial charge on any atom is 0.144 e. The van der Waals surface area contributed by atoms with E-state index < -0.39 is 0 Å². The fourth-order valence-electron chi connectivity index (χ4n) is 3.07. The normalized spacial score (nSPS) is 19.4. The summed E-state index contributed by atoms with van der Waals surface area (Å²) >= 11 is 0. The summed E-state index contributed by atoms with van der Waals surface area (Å²) in [5, 5.41) is 11.9. The van der Waals surface area contributed by atoms with Gasteiger partial charge < -0.3 is 20.7 Å². The van der Waals surface area contributed by atoms with Crippen molar-refractivity contribution in [3.05, 3.63) is 0 Å². The molecule has 0 aromatic heterocycles. The first-order valence-corrected chi connectivity index (χ1v) is 8.20. The first-order valence-electron chi connectivity index (χ1n) is 8.20. The number of nitrogens with zero attached hydrogens (tertiary/aromatic N) is 3. The van der Waals surface area contributed by atoms with Gasteiger partial charge in [0.1, 0.15) is 5.84 Å². The summed E-state index contributed by atoms with van der Waals surface area (Å²) in [7, 11) is 4.32. The van der Waals surface area contributed by atoms with Gasteiger partial charge in [-0.25, -0.2) is 0 Å². The molecule has 5 heteroatoms. The third kappa shape index (κ3) is 6.66. The lowest BCUT2D eigenvalue weighted by Gasteiger charge is -2.33. The number of nitrogens with two attached hydrogens (primary N) is 1. The number of hydrogen-bond donors (Lipinski definition) is 2. The fraction of sp³-hybridized carbons (Fsp3) is 0.938. The molecule has 1 aliphatic heterocycles. The van der Waals surface area contributed by atoms with Gasteiger partial charge in [-0.3, -0.25) is 0 Å². The van der Waals surface area contributed by atoms with Crippen molar-refractivity contribution in [2.75, 3.05) is 40.3 Å². The summed E-state index contributed by atoms with van der Waals surface area (Å²) in [4.78, 5) is 4.89. The molecule has 5 nitrogen and oxygen atoms in total. The minimum atomic E-state index is -0.201. The number of hydrogen-bond acceptors (Lipinski definition) is 4. The Morgan fingerprint density at radius 1 is 1.29 bits per heavy atom. The van der Waals surface area contributed by atoms with E-state index in [1.807, 2.05) is 13.8 Å². The van der Waals surface area contributed by atoms with E-state index in [0.29, 0.717) is 5.84 Å². The van der Waals surface area contributed by atoms with Gasteiger partial charge in [0.05, 0.1) is 0 Å². The molecule has 0 radical (unpaired) electrons. The lowest BCUT2D eigenvalue weighted by atomic mass is 9.86. The number of unbranched alkanes of at least 4 members (excludes halogenated alkanes) is 1. The summed E-state index contributed by atoms with van der Waals surface area (Å²) in [6, 6.07) is 0. The van der Waals surface area contributed by atoms with Crippen molar-refractivity contribution in [2.24, 2.45) is 22.2 Å². The topological polar surface area (TPSA) is 65.1 Å². The highest BCUT2D eigenvalue weighted by atomic mass is 16.4. The van der Waals surface area contributed by atoms with E-state index in [4.69, 9.17) is 10.9 Å². The zero-order valence-electron chi connectivity index (χ0n) is 14.3. The van der Waals surface area contributed by atoms with Gasteiger partial charge in [-0.1, -0.05) is 25.4 Å². The van der Waals surface area contributed by atoms with E-state index in [1.54, 1.807) is 0 Å². The summed E-state index contributed by atoms with van der Waals surface area (Å²) in [6.45, 7) is 8.95. The molecule has 0 aromatic carbocycles. The van der Waals surface area contributed by atoms with Crippen LogP contribution >= 0.6 is 0 Å². The number of amidine groups is 1. The molecule has 0 aromatic rings. The molecule has 3 N–H and O–H groups in total. The van der Waals surface area contributed by atoms with Gasteiger partial charge in [-0.2, -0.15) is 0 Å². The van der Waals surface area contributed by atoms with E-state index in [0.717, 1.165) is 18.8 Å². The minimum absolute atomic E-state index is 0.201. The Balaban J connectivity index is 2.15. The molecule has 1 rings (SSSR count). The summed E-state index contributed by atoms with van der Waals surface area (Å²) in [6.07, 6.45) is 5.95. The summed E-state index contributed by atoms with van der Waals surface area (Å²) < 4.78 is 0. The van der Waals surface area contributed by atoms with Gasteiger partial charge in [0.2, 0.25) is 0 Å². The Labute approximate surface area is 130 Å². The molecule has 1 fully saturated rings. The van der Waals surface area contributed by atoms with Crippen LogP contribution in [0.15, 0.2) is 5.16 Å². The highest BCUT2D eigenvalue weighted by molar-refractivity contribution is 5.85. The van der Waals surface area contributed by atoms with Gasteiger partial charge in [0, 0.05) is 12.0 Å². The number of likely N-dealkylation sites (tertiary alicyclic amines) is 1. The average Bonchev–Trinajstić information content (AvgIpc) is 2.43. The van der Waals surface area contributed by atoms with Crippen LogP contribution in [0.1, 0.15) is 46.0 Å². The Bertz CT molecular complexity index is 320. The first-order chi connectivity index (χ1) is 9.85. The van der Waals surface area contributed by atoms with Crippen LogP contribution in [-0.2, 0) is 0 Å². The van der Waals surface area contributed by atoms with Crippen molar-refractivity contribution in [1.82, 2.24) is 9.80 Å². The predicted octanol–water partition coefficient (Wildman–Crippen LogP) is 2.20. The molecule has 0 saturated carbocycles. The molecule has 0 amide bonds. The second-order valence-corrected chi connectivity index (χ2v) is 7.37. The van der Waals surface area contributed by atoms with Crippen molar-refractivity contribution >= 4 is 5.84 Å². The molecule has 0 bridgehead atoms. The molecule has 124 valence electrons. The highest BCUT2D eigenvalue weighted by Gasteiger charge is 2.23. The van der Waals surface area contributed by atoms with Gasteiger partial charge in [-0.05, 0) is 65.3 Å². The number of rotatable bonds is 8. The van der Waals surface area contributed by atoms with E-state index >= 15 is 0 Å². The van der Waals surface area contributed by atoms with Crippen LogP contribution in [0.3, 0.4) is 0 Å². The molecule has 0 aliphatic carbocycles. The van der Waals surface area contributed by atoms with Crippen LogP contribution in [-0.4, -0.2) is 61.1 Å². The monoisotopic (exact) mass is 298 g/mol. The van der Waals surface area contributed by atoms with E-state index in [-0.39, 0.29) is 5.41 Å². The van der Waals surface area contributed by atoms with E-state index in [9.17, 15) is 0 Å².